The first-order valence-corrected chi connectivity index (χ1v) is 8.40. The highest BCUT2D eigenvalue weighted by molar-refractivity contribution is 7.80. The fourth-order valence-electron chi connectivity index (χ4n) is 2.26. The minimum atomic E-state index is -0.357. The second-order valence-electron chi connectivity index (χ2n) is 5.58. The van der Waals surface area contributed by atoms with Crippen LogP contribution in [0.1, 0.15) is 11.1 Å². The second-order valence-corrected chi connectivity index (χ2v) is 6.39. The number of hydrogen-bond donors (Lipinski definition) is 2. The van der Waals surface area contributed by atoms with Crippen LogP contribution in [-0.2, 0) is 6.54 Å². The summed E-state index contributed by atoms with van der Waals surface area (Å²) in [4.78, 5) is 0. The summed E-state index contributed by atoms with van der Waals surface area (Å²) in [5.74, 6) is 0.256. The molecule has 0 aliphatic heterocycles. The third-order valence-electron chi connectivity index (χ3n) is 3.54. The van der Waals surface area contributed by atoms with Gasteiger partial charge in [-0.2, -0.15) is 5.10 Å². The standard InChI is InChI=1S/C18H16ClFN4S/c1-12-2-6-15(7-3-12)21-18(25)22-17-8-9-24(23-17)11-13-4-5-14(20)10-16(13)19/h2-10H,11H2,1H3,(H2,21,22,23,25). The molecule has 0 unspecified atom stereocenters. The van der Waals surface area contributed by atoms with Crippen LogP contribution in [0.5, 0.6) is 0 Å². The van der Waals surface area contributed by atoms with Gasteiger partial charge in [0.15, 0.2) is 10.9 Å². The number of nitrogens with zero attached hydrogens (tertiary/aromatic N) is 2. The molecule has 0 fully saturated rings. The lowest BCUT2D eigenvalue weighted by Gasteiger charge is -2.09. The Balaban J connectivity index is 1.61. The third kappa shape index (κ3) is 4.78. The Morgan fingerprint density at radius 2 is 1.92 bits per heavy atom. The van der Waals surface area contributed by atoms with Gasteiger partial charge in [0.2, 0.25) is 0 Å². The quantitative estimate of drug-likeness (QED) is 0.641. The first-order chi connectivity index (χ1) is 12.0. The molecule has 0 aliphatic carbocycles. The van der Waals surface area contributed by atoms with Gasteiger partial charge in [-0.3, -0.25) is 4.68 Å². The Labute approximate surface area is 155 Å². The Bertz CT molecular complexity index is 892. The van der Waals surface area contributed by atoms with E-state index in [2.05, 4.69) is 15.7 Å². The van der Waals surface area contributed by atoms with Crippen LogP contribution in [0.3, 0.4) is 0 Å². The van der Waals surface area contributed by atoms with Gasteiger partial charge >= 0.3 is 0 Å². The summed E-state index contributed by atoms with van der Waals surface area (Å²) in [6.45, 7) is 2.47. The van der Waals surface area contributed by atoms with Crippen LogP contribution in [0, 0.1) is 12.7 Å². The van der Waals surface area contributed by atoms with Crippen LogP contribution in [-0.4, -0.2) is 14.9 Å². The number of aromatic nitrogens is 2. The van der Waals surface area contributed by atoms with Gasteiger partial charge in [0, 0.05) is 23.0 Å². The highest BCUT2D eigenvalue weighted by atomic mass is 35.5. The number of aryl methyl sites for hydroxylation is 1. The van der Waals surface area contributed by atoms with Crippen molar-refractivity contribution in [2.75, 3.05) is 10.6 Å². The van der Waals surface area contributed by atoms with Gasteiger partial charge in [-0.05, 0) is 49.0 Å². The molecule has 0 radical (unpaired) electrons. The molecular formula is C18H16ClFN4S. The lowest BCUT2D eigenvalue weighted by Crippen LogP contribution is -2.19. The first-order valence-electron chi connectivity index (χ1n) is 7.62. The SMILES string of the molecule is Cc1ccc(NC(=S)Nc2ccn(Cc3ccc(F)cc3Cl)n2)cc1. The van der Waals surface area contributed by atoms with Gasteiger partial charge in [0.25, 0.3) is 0 Å². The van der Waals surface area contributed by atoms with Crippen molar-refractivity contribution in [1.82, 2.24) is 9.78 Å². The zero-order valence-corrected chi connectivity index (χ0v) is 15.0. The number of benzene rings is 2. The van der Waals surface area contributed by atoms with E-state index in [9.17, 15) is 4.39 Å². The summed E-state index contributed by atoms with van der Waals surface area (Å²) in [7, 11) is 0. The zero-order chi connectivity index (χ0) is 17.8. The lowest BCUT2D eigenvalue weighted by molar-refractivity contribution is 0.624. The van der Waals surface area contributed by atoms with Gasteiger partial charge < -0.3 is 10.6 Å². The predicted octanol–water partition coefficient (Wildman–Crippen LogP) is 4.84. The molecule has 0 spiro atoms. The minimum absolute atomic E-state index is 0.357. The van der Waals surface area contributed by atoms with E-state index in [1.54, 1.807) is 23.0 Å². The van der Waals surface area contributed by atoms with Gasteiger partial charge in [-0.15, -0.1) is 0 Å². The molecule has 7 heteroatoms. The largest absolute Gasteiger partial charge is 0.332 e. The highest BCUT2D eigenvalue weighted by Crippen LogP contribution is 2.18. The van der Waals surface area contributed by atoms with Crippen molar-refractivity contribution in [3.63, 3.8) is 0 Å². The van der Waals surface area contributed by atoms with Crippen molar-refractivity contribution in [1.29, 1.82) is 0 Å². The molecule has 0 saturated heterocycles. The number of nitrogens with one attached hydrogen (secondary N) is 2. The minimum Gasteiger partial charge on any atom is -0.332 e. The molecule has 25 heavy (non-hydrogen) atoms. The molecule has 3 rings (SSSR count). The van der Waals surface area contributed by atoms with Crippen LogP contribution >= 0.6 is 23.8 Å². The smallest absolute Gasteiger partial charge is 0.176 e. The second kappa shape index (κ2) is 7.63. The van der Waals surface area contributed by atoms with Crippen molar-refractivity contribution in [2.24, 2.45) is 0 Å². The molecule has 0 saturated carbocycles. The maximum Gasteiger partial charge on any atom is 0.176 e. The molecule has 1 heterocycles. The Hall–Kier alpha value is -2.44. The first kappa shape index (κ1) is 17.4. The summed E-state index contributed by atoms with van der Waals surface area (Å²) in [6.07, 6.45) is 1.80. The number of halogens is 2. The maximum atomic E-state index is 13.1. The van der Waals surface area contributed by atoms with E-state index in [0.29, 0.717) is 22.5 Å². The molecule has 0 atom stereocenters. The number of anilines is 2. The van der Waals surface area contributed by atoms with E-state index in [4.69, 9.17) is 23.8 Å². The number of rotatable bonds is 4. The van der Waals surface area contributed by atoms with E-state index in [1.165, 1.54) is 17.7 Å². The molecular weight excluding hydrogens is 359 g/mol. The van der Waals surface area contributed by atoms with Gasteiger partial charge in [0.1, 0.15) is 5.82 Å². The Morgan fingerprint density at radius 3 is 2.64 bits per heavy atom. The van der Waals surface area contributed by atoms with E-state index in [-0.39, 0.29) is 5.82 Å². The van der Waals surface area contributed by atoms with Gasteiger partial charge in [0.05, 0.1) is 6.54 Å². The van der Waals surface area contributed by atoms with Crippen LogP contribution in [0.25, 0.3) is 0 Å². The maximum absolute atomic E-state index is 13.1. The molecule has 2 aromatic carbocycles. The molecule has 4 nitrogen and oxygen atoms in total. The molecule has 3 aromatic rings. The molecule has 0 bridgehead atoms. The highest BCUT2D eigenvalue weighted by Gasteiger charge is 2.06. The van der Waals surface area contributed by atoms with Gasteiger partial charge in [-0.25, -0.2) is 4.39 Å². The van der Waals surface area contributed by atoms with Crippen LogP contribution in [0.15, 0.2) is 54.7 Å². The summed E-state index contributed by atoms with van der Waals surface area (Å²) >= 11 is 11.3. The molecule has 128 valence electrons. The Kier molecular flexibility index (Phi) is 5.31. The van der Waals surface area contributed by atoms with Crippen LogP contribution < -0.4 is 10.6 Å². The van der Waals surface area contributed by atoms with Crippen molar-refractivity contribution in [3.8, 4) is 0 Å². The summed E-state index contributed by atoms with van der Waals surface area (Å²) in [5, 5.41) is 11.4. The van der Waals surface area contributed by atoms with Crippen LogP contribution in [0.4, 0.5) is 15.9 Å². The monoisotopic (exact) mass is 374 g/mol. The molecule has 1 aromatic heterocycles. The third-order valence-corrected chi connectivity index (χ3v) is 4.10. The van der Waals surface area contributed by atoms with Crippen molar-refractivity contribution < 1.29 is 4.39 Å². The zero-order valence-electron chi connectivity index (χ0n) is 13.5. The van der Waals surface area contributed by atoms with E-state index in [0.717, 1.165) is 11.3 Å². The fourth-order valence-corrected chi connectivity index (χ4v) is 2.71. The summed E-state index contributed by atoms with van der Waals surface area (Å²) < 4.78 is 14.8. The van der Waals surface area contributed by atoms with Crippen LogP contribution in [0.2, 0.25) is 5.02 Å². The molecule has 0 aliphatic rings. The van der Waals surface area contributed by atoms with Crippen molar-refractivity contribution >= 4 is 40.4 Å². The van der Waals surface area contributed by atoms with Crippen molar-refractivity contribution in [3.05, 3.63) is 76.7 Å². The normalized spacial score (nSPS) is 10.5. The average Bonchev–Trinajstić information content (AvgIpc) is 2.99. The molecule has 0 amide bonds. The van der Waals surface area contributed by atoms with Gasteiger partial charge in [-0.1, -0.05) is 35.4 Å². The number of hydrogen-bond acceptors (Lipinski definition) is 2. The van der Waals surface area contributed by atoms with E-state index >= 15 is 0 Å². The Morgan fingerprint density at radius 1 is 1.16 bits per heavy atom. The van der Waals surface area contributed by atoms with Crippen molar-refractivity contribution in [2.45, 2.75) is 13.5 Å². The number of thiocarbonyl (C=S) groups is 1. The summed E-state index contributed by atoms with van der Waals surface area (Å²) in [5.41, 5.74) is 2.88. The summed E-state index contributed by atoms with van der Waals surface area (Å²) in [6, 6.07) is 14.1. The molecule has 2 N–H and O–H groups in total. The van der Waals surface area contributed by atoms with E-state index in [1.807, 2.05) is 31.2 Å². The fraction of sp³-hybridized carbons (Fsp3) is 0.111. The predicted molar refractivity (Wildman–Crippen MR) is 104 cm³/mol. The topological polar surface area (TPSA) is 41.9 Å². The van der Waals surface area contributed by atoms with E-state index < -0.39 is 0 Å². The average molecular weight is 375 g/mol. The lowest BCUT2D eigenvalue weighted by atomic mass is 10.2.